The van der Waals surface area contributed by atoms with Crippen molar-refractivity contribution in [1.82, 2.24) is 25.0 Å². The van der Waals surface area contributed by atoms with Crippen molar-refractivity contribution in [2.24, 2.45) is 0 Å². The molecule has 0 radical (unpaired) electrons. The highest BCUT2D eigenvalue weighted by Crippen LogP contribution is 2.30. The summed E-state index contributed by atoms with van der Waals surface area (Å²) in [5.41, 5.74) is 4.40. The highest BCUT2D eigenvalue weighted by molar-refractivity contribution is 5.89. The van der Waals surface area contributed by atoms with E-state index in [4.69, 9.17) is 0 Å². The zero-order valence-electron chi connectivity index (χ0n) is 19.5. The molecule has 1 aliphatic rings. The number of anilines is 2. The van der Waals surface area contributed by atoms with Crippen molar-refractivity contribution in [2.75, 3.05) is 26.0 Å². The number of nitrogens with zero attached hydrogens (tertiary/aromatic N) is 4. The fourth-order valence-electron chi connectivity index (χ4n) is 4.34. The van der Waals surface area contributed by atoms with Crippen LogP contribution in [0.5, 0.6) is 0 Å². The molecule has 0 spiro atoms. The summed E-state index contributed by atoms with van der Waals surface area (Å²) >= 11 is 0. The number of fused-ring (bicyclic) bond motifs is 2. The Hall–Kier alpha value is -3.78. The van der Waals surface area contributed by atoms with Crippen molar-refractivity contribution in [1.29, 1.82) is 0 Å². The molecule has 34 heavy (non-hydrogen) atoms. The highest BCUT2D eigenvalue weighted by atomic mass is 19.1. The van der Waals surface area contributed by atoms with Gasteiger partial charge in [-0.25, -0.2) is 9.37 Å². The second-order valence-corrected chi connectivity index (χ2v) is 8.79. The molecule has 1 amide bonds. The number of hydrogen-bond donors (Lipinski definition) is 2. The Balaban J connectivity index is 1.45. The van der Waals surface area contributed by atoms with Crippen LogP contribution in [0.4, 0.5) is 16.0 Å². The summed E-state index contributed by atoms with van der Waals surface area (Å²) in [5, 5.41) is 12.9. The van der Waals surface area contributed by atoms with Crippen molar-refractivity contribution < 1.29 is 9.18 Å². The molecule has 0 fully saturated rings. The average Bonchev–Trinajstić information content (AvgIpc) is 3.13. The molecule has 174 valence electrons. The summed E-state index contributed by atoms with van der Waals surface area (Å²) in [6, 6.07) is 13.3. The maximum atomic E-state index is 14.8. The van der Waals surface area contributed by atoms with E-state index in [0.717, 1.165) is 39.6 Å². The molecule has 0 atom stereocenters. The molecule has 2 aromatic carbocycles. The van der Waals surface area contributed by atoms with Crippen molar-refractivity contribution in [3.63, 3.8) is 0 Å². The molecule has 8 heteroatoms. The zero-order valence-corrected chi connectivity index (χ0v) is 19.5. The number of pyridine rings is 1. The van der Waals surface area contributed by atoms with E-state index in [1.807, 2.05) is 57.4 Å². The monoisotopic (exact) mass is 458 g/mol. The van der Waals surface area contributed by atoms with Gasteiger partial charge in [-0.2, -0.15) is 5.10 Å². The van der Waals surface area contributed by atoms with Crippen LogP contribution in [0.1, 0.15) is 16.8 Å². The molecule has 0 aliphatic carbocycles. The van der Waals surface area contributed by atoms with Crippen LogP contribution in [0.3, 0.4) is 0 Å². The number of carbonyl (C=O) groups is 1. The van der Waals surface area contributed by atoms with Gasteiger partial charge in [-0.15, -0.1) is 0 Å². The lowest BCUT2D eigenvalue weighted by atomic mass is 9.97. The molecule has 0 saturated carbocycles. The minimum Gasteiger partial charge on any atom is -0.344 e. The lowest BCUT2D eigenvalue weighted by Gasteiger charge is -2.12. The number of aromatic nitrogens is 3. The first-order chi connectivity index (χ1) is 16.4. The molecule has 0 saturated heterocycles. The van der Waals surface area contributed by atoms with E-state index in [-0.39, 0.29) is 18.3 Å². The summed E-state index contributed by atoms with van der Waals surface area (Å²) in [6.45, 7) is 3.51. The van der Waals surface area contributed by atoms with Crippen LogP contribution in [0.25, 0.3) is 21.9 Å². The first-order valence-electron chi connectivity index (χ1n) is 11.3. The smallest absolute Gasteiger partial charge is 0.244 e. The quantitative estimate of drug-likeness (QED) is 0.473. The molecule has 2 aromatic heterocycles. The molecular formula is C26H27FN6O. The third kappa shape index (κ3) is 4.24. The fourth-order valence-corrected chi connectivity index (χ4v) is 4.34. The van der Waals surface area contributed by atoms with Crippen LogP contribution >= 0.6 is 0 Å². The summed E-state index contributed by atoms with van der Waals surface area (Å²) in [6.07, 6.45) is 2.54. The van der Waals surface area contributed by atoms with Crippen molar-refractivity contribution in [2.45, 2.75) is 26.4 Å². The summed E-state index contributed by atoms with van der Waals surface area (Å²) in [5.74, 6) is 1.10. The van der Waals surface area contributed by atoms with Gasteiger partial charge in [-0.1, -0.05) is 12.1 Å². The molecule has 2 N–H and O–H groups in total. The Kier molecular flexibility index (Phi) is 5.75. The number of rotatable bonds is 5. The number of nitrogens with one attached hydrogen (secondary N) is 2. The van der Waals surface area contributed by atoms with Crippen molar-refractivity contribution in [3.05, 3.63) is 71.3 Å². The van der Waals surface area contributed by atoms with Gasteiger partial charge in [0.05, 0.1) is 0 Å². The normalized spacial score (nSPS) is 13.8. The van der Waals surface area contributed by atoms with Gasteiger partial charge in [0.25, 0.3) is 0 Å². The molecule has 0 unspecified atom stereocenters. The lowest BCUT2D eigenvalue weighted by molar-refractivity contribution is -0.130. The van der Waals surface area contributed by atoms with Gasteiger partial charge < -0.3 is 15.5 Å². The highest BCUT2D eigenvalue weighted by Gasteiger charge is 2.19. The minimum absolute atomic E-state index is 0.0472. The van der Waals surface area contributed by atoms with E-state index in [1.165, 1.54) is 0 Å². The lowest BCUT2D eigenvalue weighted by Crippen LogP contribution is -2.29. The summed E-state index contributed by atoms with van der Waals surface area (Å²) in [4.78, 5) is 18.4. The summed E-state index contributed by atoms with van der Waals surface area (Å²) < 4.78 is 16.6. The van der Waals surface area contributed by atoms with Crippen LogP contribution in [0.2, 0.25) is 0 Å². The van der Waals surface area contributed by atoms with E-state index >= 15 is 0 Å². The predicted octanol–water partition coefficient (Wildman–Crippen LogP) is 4.02. The van der Waals surface area contributed by atoms with Crippen LogP contribution in [-0.4, -0.2) is 46.2 Å². The van der Waals surface area contributed by atoms with Gasteiger partial charge in [0.15, 0.2) is 5.82 Å². The number of amides is 1. The van der Waals surface area contributed by atoms with Gasteiger partial charge in [0.1, 0.15) is 18.2 Å². The van der Waals surface area contributed by atoms with Gasteiger partial charge in [0, 0.05) is 55.5 Å². The molecule has 5 rings (SSSR count). The largest absolute Gasteiger partial charge is 0.344 e. The predicted molar refractivity (Wildman–Crippen MR) is 131 cm³/mol. The Morgan fingerprint density at radius 2 is 1.94 bits per heavy atom. The molecular weight excluding hydrogens is 431 g/mol. The van der Waals surface area contributed by atoms with E-state index in [1.54, 1.807) is 21.8 Å². The van der Waals surface area contributed by atoms with E-state index in [9.17, 15) is 9.18 Å². The SMILES string of the molecule is CNCc1cc(-c2ccc3cnc(Nc4cc5n(n4)CC(=O)N(C)CC5)cc3c2)c(F)cc1C. The van der Waals surface area contributed by atoms with Crippen LogP contribution < -0.4 is 10.6 Å². The Morgan fingerprint density at radius 3 is 2.76 bits per heavy atom. The maximum absolute atomic E-state index is 14.8. The molecule has 0 bridgehead atoms. The van der Waals surface area contributed by atoms with E-state index in [0.29, 0.717) is 30.3 Å². The van der Waals surface area contributed by atoms with Crippen LogP contribution in [-0.2, 0) is 24.3 Å². The van der Waals surface area contributed by atoms with Gasteiger partial charge in [-0.3, -0.25) is 9.48 Å². The Bertz CT molecular complexity index is 1400. The van der Waals surface area contributed by atoms with Crippen molar-refractivity contribution in [3.8, 4) is 11.1 Å². The number of carbonyl (C=O) groups excluding carboxylic acids is 1. The van der Waals surface area contributed by atoms with Gasteiger partial charge >= 0.3 is 0 Å². The van der Waals surface area contributed by atoms with Crippen molar-refractivity contribution >= 4 is 28.3 Å². The average molecular weight is 459 g/mol. The zero-order chi connectivity index (χ0) is 23.8. The number of benzene rings is 2. The Morgan fingerprint density at radius 1 is 1.09 bits per heavy atom. The molecule has 7 nitrogen and oxygen atoms in total. The topological polar surface area (TPSA) is 75.1 Å². The summed E-state index contributed by atoms with van der Waals surface area (Å²) in [7, 11) is 3.69. The molecule has 4 aromatic rings. The van der Waals surface area contributed by atoms with Gasteiger partial charge in [0.2, 0.25) is 5.91 Å². The van der Waals surface area contributed by atoms with Gasteiger partial charge in [-0.05, 0) is 60.3 Å². The maximum Gasteiger partial charge on any atom is 0.244 e. The second kappa shape index (κ2) is 8.87. The standard InChI is InChI=1S/C26H27FN6O/c1-16-8-23(27)22(10-20(16)13-28-2)17-4-5-18-14-29-24(11-19(18)9-17)30-25-12-21-6-7-32(3)26(34)15-33(21)31-25/h4-5,8-12,14,28H,6-7,13,15H2,1-3H3,(H,29,30,31). The van der Waals surface area contributed by atoms with Crippen LogP contribution in [0.15, 0.2) is 48.7 Å². The second-order valence-electron chi connectivity index (χ2n) is 8.79. The molecule has 3 heterocycles. The first kappa shape index (κ1) is 22.0. The molecule has 1 aliphatic heterocycles. The third-order valence-corrected chi connectivity index (χ3v) is 6.36. The first-order valence-corrected chi connectivity index (χ1v) is 11.3. The fraction of sp³-hybridized carbons (Fsp3) is 0.269. The number of likely N-dealkylation sites (N-methyl/N-ethyl adjacent to an activating group) is 1. The minimum atomic E-state index is -0.233. The number of hydrogen-bond acceptors (Lipinski definition) is 5. The number of halogens is 1. The van der Waals surface area contributed by atoms with Crippen LogP contribution in [0, 0.1) is 12.7 Å². The number of aryl methyl sites for hydroxylation is 1. The van der Waals surface area contributed by atoms with E-state index < -0.39 is 0 Å². The Labute approximate surface area is 197 Å². The third-order valence-electron chi connectivity index (χ3n) is 6.36. The van der Waals surface area contributed by atoms with E-state index in [2.05, 4.69) is 20.7 Å².